The highest BCUT2D eigenvalue weighted by Gasteiger charge is 2.12. The molecule has 3 nitrogen and oxygen atoms in total. The van der Waals surface area contributed by atoms with Crippen molar-refractivity contribution in [2.45, 2.75) is 26.4 Å². The van der Waals surface area contributed by atoms with E-state index in [0.717, 1.165) is 6.29 Å². The normalized spacial score (nSPS) is 11.0. The van der Waals surface area contributed by atoms with Gasteiger partial charge in [0, 0.05) is 17.8 Å². The van der Waals surface area contributed by atoms with Crippen LogP contribution >= 0.6 is 0 Å². The maximum Gasteiger partial charge on any atom is 0.214 e. The summed E-state index contributed by atoms with van der Waals surface area (Å²) < 4.78 is 5.47. The number of carbonyl (C=O) groups is 1. The average molecular weight is 179 g/mol. The fourth-order valence-corrected chi connectivity index (χ4v) is 0.868. The van der Waals surface area contributed by atoms with Gasteiger partial charge in [0.25, 0.3) is 0 Å². The molecule has 0 unspecified atom stereocenters. The van der Waals surface area contributed by atoms with E-state index in [0.29, 0.717) is 11.4 Å². The van der Waals surface area contributed by atoms with Crippen molar-refractivity contribution in [3.8, 4) is 5.88 Å². The van der Waals surface area contributed by atoms with Gasteiger partial charge in [0.05, 0.1) is 0 Å². The van der Waals surface area contributed by atoms with Crippen molar-refractivity contribution in [2.75, 3.05) is 0 Å². The molecular formula is C10H13NO2. The molecule has 1 aromatic rings. The first kappa shape index (κ1) is 9.71. The zero-order valence-electron chi connectivity index (χ0n) is 8.07. The molecule has 0 radical (unpaired) electrons. The molecule has 1 heterocycles. The summed E-state index contributed by atoms with van der Waals surface area (Å²) in [6.07, 6.45) is 2.34. The van der Waals surface area contributed by atoms with Gasteiger partial charge in [-0.25, -0.2) is 4.98 Å². The maximum absolute atomic E-state index is 10.4. The fourth-order valence-electron chi connectivity index (χ4n) is 0.868. The third kappa shape index (κ3) is 3.23. The highest BCUT2D eigenvalue weighted by atomic mass is 16.5. The van der Waals surface area contributed by atoms with Gasteiger partial charge in [-0.3, -0.25) is 4.79 Å². The van der Waals surface area contributed by atoms with E-state index in [1.165, 1.54) is 0 Å². The van der Waals surface area contributed by atoms with Gasteiger partial charge in [-0.15, -0.1) is 0 Å². The molecule has 0 N–H and O–H groups in total. The van der Waals surface area contributed by atoms with Crippen molar-refractivity contribution in [3.63, 3.8) is 0 Å². The second-order valence-corrected chi connectivity index (χ2v) is 3.76. The molecule has 0 bridgehead atoms. The third-order valence-corrected chi connectivity index (χ3v) is 1.31. The molecule has 0 amide bonds. The quantitative estimate of drug-likeness (QED) is 0.652. The van der Waals surface area contributed by atoms with Crippen LogP contribution in [-0.2, 0) is 0 Å². The molecule has 0 aromatic carbocycles. The number of aldehydes is 1. The van der Waals surface area contributed by atoms with Crippen molar-refractivity contribution >= 4 is 6.29 Å². The van der Waals surface area contributed by atoms with Crippen molar-refractivity contribution in [1.82, 2.24) is 4.98 Å². The molecule has 0 aliphatic rings. The maximum atomic E-state index is 10.4. The van der Waals surface area contributed by atoms with Gasteiger partial charge in [0.1, 0.15) is 11.9 Å². The van der Waals surface area contributed by atoms with Crippen LogP contribution in [0.1, 0.15) is 31.1 Å². The van der Waals surface area contributed by atoms with E-state index in [4.69, 9.17) is 4.74 Å². The number of hydrogen-bond acceptors (Lipinski definition) is 3. The summed E-state index contributed by atoms with van der Waals surface area (Å²) in [6.45, 7) is 5.80. The van der Waals surface area contributed by atoms with Crippen LogP contribution in [0.3, 0.4) is 0 Å². The smallest absolute Gasteiger partial charge is 0.214 e. The van der Waals surface area contributed by atoms with Gasteiger partial charge in [-0.2, -0.15) is 0 Å². The van der Waals surface area contributed by atoms with Gasteiger partial charge >= 0.3 is 0 Å². The zero-order valence-corrected chi connectivity index (χ0v) is 8.07. The number of rotatable bonds is 2. The second-order valence-electron chi connectivity index (χ2n) is 3.76. The Balaban J connectivity index is 2.84. The zero-order chi connectivity index (χ0) is 9.90. The summed E-state index contributed by atoms with van der Waals surface area (Å²) in [5, 5.41) is 0. The monoisotopic (exact) mass is 179 g/mol. The molecule has 0 aliphatic carbocycles. The molecule has 1 rings (SSSR count). The first-order chi connectivity index (χ1) is 6.01. The van der Waals surface area contributed by atoms with Crippen LogP contribution in [0.4, 0.5) is 0 Å². The van der Waals surface area contributed by atoms with Crippen molar-refractivity contribution in [2.24, 2.45) is 0 Å². The highest BCUT2D eigenvalue weighted by Crippen LogP contribution is 2.15. The van der Waals surface area contributed by atoms with Gasteiger partial charge in [0.15, 0.2) is 0 Å². The van der Waals surface area contributed by atoms with Crippen LogP contribution < -0.4 is 4.74 Å². The van der Waals surface area contributed by atoms with Gasteiger partial charge in [-0.05, 0) is 26.8 Å². The number of aromatic nitrogens is 1. The standard InChI is InChI=1S/C10H13NO2/c1-10(2,3)13-9-6-8(7-12)4-5-11-9/h4-7H,1-3H3. The molecule has 0 atom stereocenters. The number of pyridine rings is 1. The molecule has 0 saturated carbocycles. The van der Waals surface area contributed by atoms with E-state index in [1.54, 1.807) is 18.3 Å². The first-order valence-corrected chi connectivity index (χ1v) is 4.11. The predicted octanol–water partition coefficient (Wildman–Crippen LogP) is 2.07. The van der Waals surface area contributed by atoms with E-state index in [-0.39, 0.29) is 5.60 Å². The van der Waals surface area contributed by atoms with E-state index >= 15 is 0 Å². The van der Waals surface area contributed by atoms with E-state index in [1.807, 2.05) is 20.8 Å². The summed E-state index contributed by atoms with van der Waals surface area (Å²) in [4.78, 5) is 14.4. The molecular weight excluding hydrogens is 166 g/mol. The Morgan fingerprint density at radius 1 is 1.46 bits per heavy atom. The summed E-state index contributed by atoms with van der Waals surface area (Å²) in [5.41, 5.74) is 0.295. The number of hydrogen-bond donors (Lipinski definition) is 0. The molecule has 1 aromatic heterocycles. The van der Waals surface area contributed by atoms with E-state index < -0.39 is 0 Å². The Morgan fingerprint density at radius 2 is 2.15 bits per heavy atom. The number of carbonyl (C=O) groups excluding carboxylic acids is 1. The van der Waals surface area contributed by atoms with Crippen LogP contribution in [0.15, 0.2) is 18.3 Å². The molecule has 0 spiro atoms. The lowest BCUT2D eigenvalue weighted by Gasteiger charge is -2.20. The van der Waals surface area contributed by atoms with Crippen molar-refractivity contribution < 1.29 is 9.53 Å². The minimum absolute atomic E-state index is 0.283. The van der Waals surface area contributed by atoms with Crippen molar-refractivity contribution in [3.05, 3.63) is 23.9 Å². The van der Waals surface area contributed by atoms with Crippen molar-refractivity contribution in [1.29, 1.82) is 0 Å². The lowest BCUT2D eigenvalue weighted by Crippen LogP contribution is -2.23. The van der Waals surface area contributed by atoms with E-state index in [9.17, 15) is 4.79 Å². The Hall–Kier alpha value is -1.38. The van der Waals surface area contributed by atoms with Crippen LogP contribution in [0.5, 0.6) is 5.88 Å². The third-order valence-electron chi connectivity index (χ3n) is 1.31. The Labute approximate surface area is 77.8 Å². The van der Waals surface area contributed by atoms with Crippen LogP contribution in [0, 0.1) is 0 Å². The minimum atomic E-state index is -0.283. The van der Waals surface area contributed by atoms with Gasteiger partial charge in [0.2, 0.25) is 5.88 Å². The first-order valence-electron chi connectivity index (χ1n) is 4.11. The van der Waals surface area contributed by atoms with Crippen LogP contribution in [0.25, 0.3) is 0 Å². The summed E-state index contributed by atoms with van der Waals surface area (Å²) in [7, 11) is 0. The van der Waals surface area contributed by atoms with Gasteiger partial charge < -0.3 is 4.74 Å². The Bertz CT molecular complexity index is 302. The topological polar surface area (TPSA) is 39.2 Å². The number of ether oxygens (including phenoxy) is 1. The minimum Gasteiger partial charge on any atom is -0.472 e. The molecule has 3 heteroatoms. The largest absolute Gasteiger partial charge is 0.472 e. The lowest BCUT2D eigenvalue weighted by atomic mass is 10.2. The summed E-state index contributed by atoms with van der Waals surface area (Å²) in [5.74, 6) is 0.483. The SMILES string of the molecule is CC(C)(C)Oc1cc(C=O)ccn1. The van der Waals surface area contributed by atoms with E-state index in [2.05, 4.69) is 4.98 Å². The molecule has 0 aliphatic heterocycles. The Kier molecular flexibility index (Phi) is 2.66. The number of nitrogens with zero attached hydrogens (tertiary/aromatic N) is 1. The molecule has 13 heavy (non-hydrogen) atoms. The van der Waals surface area contributed by atoms with Gasteiger partial charge in [-0.1, -0.05) is 0 Å². The lowest BCUT2D eigenvalue weighted by molar-refractivity contribution is 0.111. The fraction of sp³-hybridized carbons (Fsp3) is 0.400. The molecule has 0 saturated heterocycles. The highest BCUT2D eigenvalue weighted by molar-refractivity contribution is 5.74. The predicted molar refractivity (Wildman–Crippen MR) is 50.0 cm³/mol. The molecule has 0 fully saturated rings. The van der Waals surface area contributed by atoms with Crippen LogP contribution in [-0.4, -0.2) is 16.9 Å². The average Bonchev–Trinajstić information content (AvgIpc) is 2.01. The summed E-state index contributed by atoms with van der Waals surface area (Å²) >= 11 is 0. The molecule has 70 valence electrons. The van der Waals surface area contributed by atoms with Crippen LogP contribution in [0.2, 0.25) is 0 Å². The Morgan fingerprint density at radius 3 is 2.69 bits per heavy atom. The second kappa shape index (κ2) is 3.56. The summed E-state index contributed by atoms with van der Waals surface area (Å²) in [6, 6.07) is 3.26.